The topological polar surface area (TPSA) is 12.5 Å². The molecule has 0 fully saturated rings. The zero-order valence-electron chi connectivity index (χ0n) is 21.9. The molecule has 0 amide bonds. The van der Waals surface area contributed by atoms with Crippen LogP contribution < -0.4 is 0 Å². The van der Waals surface area contributed by atoms with Crippen LogP contribution in [0.2, 0.25) is 0 Å². The van der Waals surface area contributed by atoms with E-state index in [-0.39, 0.29) is 6.23 Å². The number of nitrogens with zero attached hydrogens (tertiary/aromatic N) is 1. The first kappa shape index (κ1) is 24.3. The molecule has 0 spiro atoms. The van der Waals surface area contributed by atoms with Gasteiger partial charge >= 0.3 is 0 Å². The molecule has 0 bridgehead atoms. The quantitative estimate of drug-likeness (QED) is 0.226. The van der Waals surface area contributed by atoms with E-state index in [0.29, 0.717) is 0 Å². The molecule has 4 aromatic carbocycles. The average Bonchev–Trinajstić information content (AvgIpc) is 3.37. The average molecular weight is 498 g/mol. The lowest BCUT2D eigenvalue weighted by atomic mass is 9.86. The van der Waals surface area contributed by atoms with Crippen LogP contribution >= 0.6 is 0 Å². The second-order valence-corrected chi connectivity index (χ2v) is 10.3. The second kappa shape index (κ2) is 11.6. The number of hydrogen-bond donors (Lipinski definition) is 0. The third kappa shape index (κ3) is 5.31. The number of rotatable bonds is 8. The summed E-state index contributed by atoms with van der Waals surface area (Å²) in [5.41, 5.74) is 9.33. The molecule has 6 rings (SSSR count). The molecule has 2 aliphatic rings. The molecule has 0 saturated carbocycles. The maximum absolute atomic E-state index is 7.07. The Bertz CT molecular complexity index is 1390. The highest BCUT2D eigenvalue weighted by molar-refractivity contribution is 5.88. The van der Waals surface area contributed by atoms with Crippen LogP contribution in [0.4, 0.5) is 0 Å². The van der Waals surface area contributed by atoms with Crippen molar-refractivity contribution in [1.82, 2.24) is 4.90 Å². The van der Waals surface area contributed by atoms with Crippen LogP contribution in [0.15, 0.2) is 132 Å². The van der Waals surface area contributed by atoms with E-state index in [9.17, 15) is 0 Å². The molecule has 0 N–H and O–H groups in total. The van der Waals surface area contributed by atoms with Gasteiger partial charge in [0, 0.05) is 17.7 Å². The van der Waals surface area contributed by atoms with Gasteiger partial charge in [-0.05, 0) is 55.2 Å². The third-order valence-electron chi connectivity index (χ3n) is 7.77. The highest BCUT2D eigenvalue weighted by Gasteiger charge is 2.38. The number of benzene rings is 4. The molecule has 1 atom stereocenters. The predicted octanol–water partition coefficient (Wildman–Crippen LogP) is 8.53. The molecule has 0 aromatic heterocycles. The molecule has 1 aliphatic heterocycles. The molecule has 38 heavy (non-hydrogen) atoms. The van der Waals surface area contributed by atoms with E-state index in [0.717, 1.165) is 43.6 Å². The smallest absolute Gasteiger partial charge is 0.195 e. The van der Waals surface area contributed by atoms with Crippen molar-refractivity contribution in [3.8, 4) is 0 Å². The minimum Gasteiger partial charge on any atom is -0.464 e. The van der Waals surface area contributed by atoms with Crippen LogP contribution in [0.5, 0.6) is 0 Å². The van der Waals surface area contributed by atoms with E-state index >= 15 is 0 Å². The number of allylic oxidation sites excluding steroid dienone is 1. The van der Waals surface area contributed by atoms with Crippen molar-refractivity contribution in [3.05, 3.63) is 155 Å². The Balaban J connectivity index is 1.44. The lowest BCUT2D eigenvalue weighted by Gasteiger charge is -2.33. The van der Waals surface area contributed by atoms with Crippen molar-refractivity contribution in [2.75, 3.05) is 6.54 Å². The Morgan fingerprint density at radius 2 is 1.16 bits per heavy atom. The van der Waals surface area contributed by atoms with Crippen molar-refractivity contribution in [2.24, 2.45) is 0 Å². The molecule has 0 radical (unpaired) electrons. The molecular weight excluding hydrogens is 462 g/mol. The van der Waals surface area contributed by atoms with Gasteiger partial charge in [-0.3, -0.25) is 0 Å². The highest BCUT2D eigenvalue weighted by atomic mass is 16.5. The van der Waals surface area contributed by atoms with Crippen LogP contribution in [-0.4, -0.2) is 17.7 Å². The zero-order valence-corrected chi connectivity index (χ0v) is 21.9. The lowest BCUT2D eigenvalue weighted by Crippen LogP contribution is -2.35. The molecule has 4 aromatic rings. The van der Waals surface area contributed by atoms with Gasteiger partial charge in [-0.1, -0.05) is 127 Å². The van der Waals surface area contributed by atoms with E-state index in [2.05, 4.69) is 126 Å². The first-order valence-electron chi connectivity index (χ1n) is 13.9. The standard InChI is InChI=1S/C36H35NO/c1-5-15-28(16-6-1)25-26-37-34(30-19-9-3-10-20-30)35(31-21-11-4-12-22-31)38-36(37)33-24-14-13-23-32(33)27-29-17-7-2-8-18-29/h1-12,15-22,36H,13-14,23-27H2. The van der Waals surface area contributed by atoms with Gasteiger partial charge in [-0.15, -0.1) is 0 Å². The second-order valence-electron chi connectivity index (χ2n) is 10.3. The Morgan fingerprint density at radius 1 is 0.605 bits per heavy atom. The van der Waals surface area contributed by atoms with E-state index in [1.807, 2.05) is 0 Å². The highest BCUT2D eigenvalue weighted by Crippen LogP contribution is 2.44. The third-order valence-corrected chi connectivity index (χ3v) is 7.77. The summed E-state index contributed by atoms with van der Waals surface area (Å²) in [4.78, 5) is 2.55. The van der Waals surface area contributed by atoms with Gasteiger partial charge < -0.3 is 9.64 Å². The molecular formula is C36H35NO. The Hall–Kier alpha value is -4.04. The Kier molecular flexibility index (Phi) is 7.40. The minimum absolute atomic E-state index is 0.0804. The minimum atomic E-state index is -0.0804. The van der Waals surface area contributed by atoms with Gasteiger partial charge in [0.25, 0.3) is 0 Å². The molecule has 1 unspecified atom stereocenters. The van der Waals surface area contributed by atoms with Crippen molar-refractivity contribution in [2.45, 2.75) is 44.8 Å². The summed E-state index contributed by atoms with van der Waals surface area (Å²) < 4.78 is 7.07. The van der Waals surface area contributed by atoms with Gasteiger partial charge in [0.1, 0.15) is 0 Å². The molecule has 2 nitrogen and oxygen atoms in total. The summed E-state index contributed by atoms with van der Waals surface area (Å²) in [5, 5.41) is 0. The van der Waals surface area contributed by atoms with Crippen LogP contribution in [0.1, 0.15) is 47.9 Å². The maximum Gasteiger partial charge on any atom is 0.195 e. The van der Waals surface area contributed by atoms with E-state index in [1.54, 1.807) is 5.57 Å². The normalized spacial score (nSPS) is 17.6. The van der Waals surface area contributed by atoms with Crippen molar-refractivity contribution in [3.63, 3.8) is 0 Å². The van der Waals surface area contributed by atoms with Crippen LogP contribution in [0.3, 0.4) is 0 Å². The van der Waals surface area contributed by atoms with Crippen LogP contribution in [0, 0.1) is 0 Å². The Labute approximate surface area is 226 Å². The molecule has 1 aliphatic carbocycles. The first-order valence-corrected chi connectivity index (χ1v) is 13.9. The SMILES string of the molecule is c1ccc(CCN2C(c3ccccc3)=C(c3ccccc3)OC2C2=C(Cc3ccccc3)CCCC2)cc1. The van der Waals surface area contributed by atoms with E-state index < -0.39 is 0 Å². The van der Waals surface area contributed by atoms with Crippen LogP contribution in [-0.2, 0) is 17.6 Å². The fourth-order valence-electron chi connectivity index (χ4n) is 5.88. The molecule has 2 heteroatoms. The molecule has 1 heterocycles. The van der Waals surface area contributed by atoms with Crippen molar-refractivity contribution < 1.29 is 4.74 Å². The maximum atomic E-state index is 7.07. The summed E-state index contributed by atoms with van der Waals surface area (Å²) in [5.74, 6) is 0.993. The predicted molar refractivity (Wildman–Crippen MR) is 157 cm³/mol. The van der Waals surface area contributed by atoms with Crippen LogP contribution in [0.25, 0.3) is 11.5 Å². The summed E-state index contributed by atoms with van der Waals surface area (Å²) >= 11 is 0. The summed E-state index contributed by atoms with van der Waals surface area (Å²) in [7, 11) is 0. The Morgan fingerprint density at radius 3 is 1.82 bits per heavy atom. The van der Waals surface area contributed by atoms with E-state index in [4.69, 9.17) is 4.74 Å². The molecule has 190 valence electrons. The van der Waals surface area contributed by atoms with Gasteiger partial charge in [-0.2, -0.15) is 0 Å². The van der Waals surface area contributed by atoms with Gasteiger partial charge in [0.15, 0.2) is 12.0 Å². The lowest BCUT2D eigenvalue weighted by molar-refractivity contribution is 0.0998. The zero-order chi connectivity index (χ0) is 25.6. The van der Waals surface area contributed by atoms with Crippen molar-refractivity contribution >= 4 is 11.5 Å². The fraction of sp³-hybridized carbons (Fsp3) is 0.222. The summed E-state index contributed by atoms with van der Waals surface area (Å²) in [6.07, 6.45) is 6.62. The first-order chi connectivity index (χ1) is 18.9. The van der Waals surface area contributed by atoms with Gasteiger partial charge in [0.05, 0.1) is 5.70 Å². The van der Waals surface area contributed by atoms with E-state index in [1.165, 1.54) is 40.8 Å². The van der Waals surface area contributed by atoms with Crippen molar-refractivity contribution in [1.29, 1.82) is 0 Å². The summed E-state index contributed by atoms with van der Waals surface area (Å²) in [6.45, 7) is 0.900. The number of hydrogen-bond acceptors (Lipinski definition) is 2. The number of ether oxygens (including phenoxy) is 1. The monoisotopic (exact) mass is 497 g/mol. The fourth-order valence-corrected chi connectivity index (χ4v) is 5.88. The van der Waals surface area contributed by atoms with Gasteiger partial charge in [-0.25, -0.2) is 0 Å². The van der Waals surface area contributed by atoms with Gasteiger partial charge in [0.2, 0.25) is 0 Å². The summed E-state index contributed by atoms with van der Waals surface area (Å²) in [6, 6.07) is 43.2. The molecule has 0 saturated heterocycles. The largest absolute Gasteiger partial charge is 0.464 e.